The van der Waals surface area contributed by atoms with Gasteiger partial charge in [-0.3, -0.25) is 0 Å². The van der Waals surface area contributed by atoms with Crippen molar-refractivity contribution >= 4 is 41.3 Å². The highest BCUT2D eigenvalue weighted by Crippen LogP contribution is 2.13. The van der Waals surface area contributed by atoms with Gasteiger partial charge in [0.05, 0.1) is 31.0 Å². The van der Waals surface area contributed by atoms with Crippen molar-refractivity contribution in [3.63, 3.8) is 0 Å². The normalized spacial score (nSPS) is 17.6. The van der Waals surface area contributed by atoms with Crippen LogP contribution in [0.1, 0.15) is 30.3 Å². The van der Waals surface area contributed by atoms with E-state index in [1.54, 1.807) is 11.3 Å². The van der Waals surface area contributed by atoms with Gasteiger partial charge in [-0.05, 0) is 26.7 Å². The van der Waals surface area contributed by atoms with E-state index in [9.17, 15) is 0 Å². The number of nitrogens with zero attached hydrogens (tertiary/aromatic N) is 2. The maximum atomic E-state index is 5.71. The fourth-order valence-electron chi connectivity index (χ4n) is 2.32. The van der Waals surface area contributed by atoms with Crippen molar-refractivity contribution in [3.05, 3.63) is 16.1 Å². The highest BCUT2D eigenvalue weighted by Gasteiger charge is 2.15. The number of ether oxygens (including phenoxy) is 2. The molecule has 0 spiro atoms. The topological polar surface area (TPSA) is 67.8 Å². The second-order valence-electron chi connectivity index (χ2n) is 5.64. The van der Waals surface area contributed by atoms with Crippen LogP contribution in [-0.4, -0.2) is 50.5 Å². The molecule has 0 saturated carbocycles. The van der Waals surface area contributed by atoms with Crippen molar-refractivity contribution in [1.82, 2.24) is 15.6 Å². The zero-order valence-corrected chi connectivity index (χ0v) is 17.7. The summed E-state index contributed by atoms with van der Waals surface area (Å²) in [6, 6.07) is 0. The van der Waals surface area contributed by atoms with Crippen LogP contribution >= 0.6 is 35.3 Å². The molecule has 1 aliphatic rings. The molecule has 0 bridgehead atoms. The summed E-state index contributed by atoms with van der Waals surface area (Å²) in [7, 11) is 0. The van der Waals surface area contributed by atoms with E-state index < -0.39 is 0 Å². The molecule has 1 atom stereocenters. The second-order valence-corrected chi connectivity index (χ2v) is 6.58. The molecule has 2 rings (SSSR count). The summed E-state index contributed by atoms with van der Waals surface area (Å²) in [6.45, 7) is 9.81. The lowest BCUT2D eigenvalue weighted by Gasteiger charge is -2.12. The van der Waals surface area contributed by atoms with E-state index >= 15 is 0 Å². The minimum Gasteiger partial charge on any atom is -0.381 e. The highest BCUT2D eigenvalue weighted by molar-refractivity contribution is 14.0. The highest BCUT2D eigenvalue weighted by atomic mass is 127. The third-order valence-electron chi connectivity index (χ3n) is 3.71. The molecule has 1 unspecified atom stereocenters. The minimum atomic E-state index is 0. The Kier molecular flexibility index (Phi) is 11.6. The molecule has 1 aromatic rings. The van der Waals surface area contributed by atoms with Gasteiger partial charge in [-0.1, -0.05) is 0 Å². The van der Waals surface area contributed by atoms with Gasteiger partial charge in [0.15, 0.2) is 5.96 Å². The van der Waals surface area contributed by atoms with Gasteiger partial charge >= 0.3 is 0 Å². The molecular formula is C16H29IN4O2S. The summed E-state index contributed by atoms with van der Waals surface area (Å²) >= 11 is 1.65. The summed E-state index contributed by atoms with van der Waals surface area (Å²) in [4.78, 5) is 10.1. The summed E-state index contributed by atoms with van der Waals surface area (Å²) in [5.74, 6) is 1.44. The summed E-state index contributed by atoms with van der Waals surface area (Å²) in [5.41, 5.74) is 2.94. The quantitative estimate of drug-likeness (QED) is 0.253. The van der Waals surface area contributed by atoms with Crippen LogP contribution in [0.3, 0.4) is 0 Å². The van der Waals surface area contributed by atoms with Gasteiger partial charge in [-0.15, -0.1) is 35.3 Å². The van der Waals surface area contributed by atoms with Crippen LogP contribution in [0.25, 0.3) is 0 Å². The van der Waals surface area contributed by atoms with Crippen molar-refractivity contribution in [2.24, 2.45) is 10.9 Å². The Morgan fingerprint density at radius 2 is 2.38 bits per heavy atom. The number of rotatable bonds is 9. The predicted molar refractivity (Wildman–Crippen MR) is 109 cm³/mol. The molecular weight excluding hydrogens is 439 g/mol. The molecule has 6 nitrogen and oxygen atoms in total. The monoisotopic (exact) mass is 468 g/mol. The molecule has 138 valence electrons. The van der Waals surface area contributed by atoms with Crippen molar-refractivity contribution < 1.29 is 9.47 Å². The van der Waals surface area contributed by atoms with E-state index in [0.29, 0.717) is 12.5 Å². The minimum absolute atomic E-state index is 0. The maximum absolute atomic E-state index is 5.71. The number of aromatic nitrogens is 1. The van der Waals surface area contributed by atoms with E-state index in [2.05, 4.69) is 27.5 Å². The molecule has 0 aliphatic carbocycles. The van der Waals surface area contributed by atoms with Crippen molar-refractivity contribution in [2.75, 3.05) is 39.5 Å². The molecule has 0 aromatic carbocycles. The van der Waals surface area contributed by atoms with Crippen molar-refractivity contribution in [3.8, 4) is 0 Å². The number of aliphatic imine (C=N–C) groups is 1. The van der Waals surface area contributed by atoms with Crippen LogP contribution in [0.5, 0.6) is 0 Å². The lowest BCUT2D eigenvalue weighted by atomic mass is 10.1. The largest absolute Gasteiger partial charge is 0.381 e. The molecule has 1 saturated heterocycles. The van der Waals surface area contributed by atoms with Gasteiger partial charge in [0, 0.05) is 37.1 Å². The van der Waals surface area contributed by atoms with E-state index in [0.717, 1.165) is 64.0 Å². The number of guanidine groups is 1. The first-order chi connectivity index (χ1) is 11.3. The van der Waals surface area contributed by atoms with Gasteiger partial charge in [-0.25, -0.2) is 9.98 Å². The fourth-order valence-corrected chi connectivity index (χ4v) is 3.02. The lowest BCUT2D eigenvalue weighted by Crippen LogP contribution is -2.38. The molecule has 2 heterocycles. The number of aryl methyl sites for hydroxylation is 1. The summed E-state index contributed by atoms with van der Waals surface area (Å²) in [5, 5.41) is 6.62. The number of hydrogen-bond donors (Lipinski definition) is 2. The van der Waals surface area contributed by atoms with Gasteiger partial charge in [0.2, 0.25) is 0 Å². The van der Waals surface area contributed by atoms with Gasteiger partial charge in [0.1, 0.15) is 0 Å². The first-order valence-electron chi connectivity index (χ1n) is 8.36. The Bertz CT molecular complexity index is 478. The van der Waals surface area contributed by atoms with E-state index in [-0.39, 0.29) is 24.0 Å². The number of nitrogens with one attached hydrogen (secondary N) is 2. The summed E-state index contributed by atoms with van der Waals surface area (Å²) < 4.78 is 11.0. The van der Waals surface area contributed by atoms with E-state index in [1.807, 2.05) is 12.4 Å². The van der Waals surface area contributed by atoms with Crippen LogP contribution in [0.15, 0.2) is 10.5 Å². The molecule has 2 N–H and O–H groups in total. The average molecular weight is 468 g/mol. The Morgan fingerprint density at radius 3 is 3.04 bits per heavy atom. The molecule has 1 fully saturated rings. The zero-order valence-electron chi connectivity index (χ0n) is 14.5. The van der Waals surface area contributed by atoms with Crippen LogP contribution in [0, 0.1) is 12.8 Å². The van der Waals surface area contributed by atoms with Gasteiger partial charge < -0.3 is 20.1 Å². The first-order valence-corrected chi connectivity index (χ1v) is 9.24. The van der Waals surface area contributed by atoms with Crippen LogP contribution in [-0.2, 0) is 16.0 Å². The summed E-state index contributed by atoms with van der Waals surface area (Å²) in [6.07, 6.45) is 2.10. The zero-order chi connectivity index (χ0) is 16.3. The number of hydrogen-bond acceptors (Lipinski definition) is 5. The standard InChI is InChI=1S/C16H28N4O2S.HI/c1-3-17-16(19-9-15-13(2)20-12-23-15)18-6-4-7-21-10-14-5-8-22-11-14;/h12,14H,3-11H2,1-2H3,(H2,17,18,19);1H. The molecule has 1 aliphatic heterocycles. The third kappa shape index (κ3) is 8.09. The Hall–Kier alpha value is -0.450. The van der Waals surface area contributed by atoms with Crippen LogP contribution < -0.4 is 10.6 Å². The van der Waals surface area contributed by atoms with Crippen molar-refractivity contribution in [2.45, 2.75) is 33.2 Å². The van der Waals surface area contributed by atoms with Gasteiger partial charge in [-0.2, -0.15) is 0 Å². The first kappa shape index (κ1) is 21.6. The van der Waals surface area contributed by atoms with Crippen molar-refractivity contribution in [1.29, 1.82) is 0 Å². The Labute approximate surface area is 165 Å². The molecule has 0 radical (unpaired) electrons. The van der Waals surface area contributed by atoms with Crippen LogP contribution in [0.4, 0.5) is 0 Å². The third-order valence-corrected chi connectivity index (χ3v) is 4.63. The average Bonchev–Trinajstić information content (AvgIpc) is 3.20. The molecule has 24 heavy (non-hydrogen) atoms. The number of thiazole rings is 1. The van der Waals surface area contributed by atoms with E-state index in [1.165, 1.54) is 4.88 Å². The van der Waals surface area contributed by atoms with E-state index in [4.69, 9.17) is 9.47 Å². The number of halogens is 1. The molecule has 1 aromatic heterocycles. The smallest absolute Gasteiger partial charge is 0.191 e. The fraction of sp³-hybridized carbons (Fsp3) is 0.750. The Morgan fingerprint density at radius 1 is 1.50 bits per heavy atom. The predicted octanol–water partition coefficient (Wildman–Crippen LogP) is 2.57. The maximum Gasteiger partial charge on any atom is 0.191 e. The lowest BCUT2D eigenvalue weighted by molar-refractivity contribution is 0.0888. The second kappa shape index (κ2) is 12.8. The SMILES string of the molecule is CCNC(=NCc1scnc1C)NCCCOCC1CCOC1.I. The Balaban J connectivity index is 0.00000288. The molecule has 0 amide bonds. The van der Waals surface area contributed by atoms with Gasteiger partial charge in [0.25, 0.3) is 0 Å². The molecule has 8 heteroatoms. The van der Waals surface area contributed by atoms with Crippen LogP contribution in [0.2, 0.25) is 0 Å².